The molecule has 0 radical (unpaired) electrons. The van der Waals surface area contributed by atoms with Crippen LogP contribution in [-0.2, 0) is 7.05 Å². The summed E-state index contributed by atoms with van der Waals surface area (Å²) in [6.07, 6.45) is 3.67. The van der Waals surface area contributed by atoms with E-state index in [9.17, 15) is 0 Å². The van der Waals surface area contributed by atoms with Crippen molar-refractivity contribution in [1.82, 2.24) is 14.5 Å². The van der Waals surface area contributed by atoms with Gasteiger partial charge in [-0.1, -0.05) is 13.8 Å². The van der Waals surface area contributed by atoms with E-state index in [1.165, 1.54) is 0 Å². The summed E-state index contributed by atoms with van der Waals surface area (Å²) in [6.45, 7) is 6.05. The van der Waals surface area contributed by atoms with Crippen molar-refractivity contribution in [3.63, 3.8) is 0 Å². The molecule has 3 rings (SSSR count). The number of aryl methyl sites for hydroxylation is 1. The van der Waals surface area contributed by atoms with E-state index in [0.717, 1.165) is 29.9 Å². The van der Waals surface area contributed by atoms with Crippen LogP contribution >= 0.6 is 0 Å². The first-order valence-electron chi connectivity index (χ1n) is 6.31. The second-order valence-electron chi connectivity index (χ2n) is 5.60. The van der Waals surface area contributed by atoms with E-state index in [2.05, 4.69) is 28.7 Å². The summed E-state index contributed by atoms with van der Waals surface area (Å²) in [7, 11) is 2.00. The zero-order valence-corrected chi connectivity index (χ0v) is 11.1. The van der Waals surface area contributed by atoms with Gasteiger partial charge in [-0.3, -0.25) is 0 Å². The number of nitrogens with zero attached hydrogens (tertiary/aromatic N) is 4. The van der Waals surface area contributed by atoms with E-state index in [1.54, 1.807) is 0 Å². The molecule has 2 N–H and O–H groups in total. The molecule has 0 saturated carbocycles. The highest BCUT2D eigenvalue weighted by Crippen LogP contribution is 2.32. The smallest absolute Gasteiger partial charge is 0.156 e. The van der Waals surface area contributed by atoms with Gasteiger partial charge in [0.05, 0.1) is 17.4 Å². The molecular formula is C13H19N5. The van der Waals surface area contributed by atoms with Crippen LogP contribution in [0.1, 0.15) is 13.8 Å². The zero-order valence-electron chi connectivity index (χ0n) is 11.1. The highest BCUT2D eigenvalue weighted by Gasteiger charge is 2.43. The van der Waals surface area contributed by atoms with Crippen molar-refractivity contribution < 1.29 is 0 Å². The van der Waals surface area contributed by atoms with Gasteiger partial charge in [-0.15, -0.1) is 0 Å². The molecule has 2 aromatic heterocycles. The first-order valence-corrected chi connectivity index (χ1v) is 6.31. The monoisotopic (exact) mass is 245 g/mol. The molecule has 0 bridgehead atoms. The molecule has 0 atom stereocenters. The molecule has 2 aromatic rings. The van der Waals surface area contributed by atoms with Crippen LogP contribution in [0.4, 0.5) is 5.82 Å². The molecule has 1 aliphatic heterocycles. The normalized spacial score (nSPS) is 18.4. The minimum Gasteiger partial charge on any atom is -0.351 e. The molecule has 5 heteroatoms. The number of imidazole rings is 1. The molecule has 0 unspecified atom stereocenters. The number of anilines is 1. The maximum absolute atomic E-state index is 6.33. The molecule has 1 aliphatic rings. The lowest BCUT2D eigenvalue weighted by molar-refractivity contribution is 0.244. The maximum Gasteiger partial charge on any atom is 0.156 e. The fraction of sp³-hybridized carbons (Fsp3) is 0.538. The Bertz CT molecular complexity index is 580. The van der Waals surface area contributed by atoms with Crippen LogP contribution < -0.4 is 10.6 Å². The minimum absolute atomic E-state index is 0.0847. The van der Waals surface area contributed by atoms with Crippen LogP contribution in [0.15, 0.2) is 18.6 Å². The first-order chi connectivity index (χ1) is 8.51. The van der Waals surface area contributed by atoms with Gasteiger partial charge in [-0.25, -0.2) is 9.97 Å². The van der Waals surface area contributed by atoms with Gasteiger partial charge in [0.1, 0.15) is 5.52 Å². The lowest BCUT2D eigenvalue weighted by Crippen LogP contribution is -2.70. The molecular weight excluding hydrogens is 226 g/mol. The van der Waals surface area contributed by atoms with Gasteiger partial charge in [0.25, 0.3) is 0 Å². The summed E-state index contributed by atoms with van der Waals surface area (Å²) in [5.74, 6) is 1.44. The fourth-order valence-corrected chi connectivity index (χ4v) is 2.46. The Labute approximate surface area is 107 Å². The summed E-state index contributed by atoms with van der Waals surface area (Å²) in [5, 5.41) is 0. The average molecular weight is 245 g/mol. The molecule has 0 aliphatic carbocycles. The predicted molar refractivity (Wildman–Crippen MR) is 72.5 cm³/mol. The largest absolute Gasteiger partial charge is 0.351 e. The van der Waals surface area contributed by atoms with Crippen LogP contribution in [0.25, 0.3) is 11.0 Å². The number of aromatic nitrogens is 3. The van der Waals surface area contributed by atoms with Crippen molar-refractivity contribution in [1.29, 1.82) is 0 Å². The van der Waals surface area contributed by atoms with Crippen molar-refractivity contribution in [3.05, 3.63) is 18.6 Å². The number of pyridine rings is 1. The predicted octanol–water partition coefficient (Wildman–Crippen LogP) is 1.14. The van der Waals surface area contributed by atoms with Crippen molar-refractivity contribution in [2.45, 2.75) is 19.4 Å². The lowest BCUT2D eigenvalue weighted by Gasteiger charge is -2.50. The van der Waals surface area contributed by atoms with Crippen LogP contribution in [-0.4, -0.2) is 33.2 Å². The molecule has 5 nitrogen and oxygen atoms in total. The third-order valence-corrected chi connectivity index (χ3v) is 4.04. The Morgan fingerprint density at radius 2 is 2.06 bits per heavy atom. The zero-order chi connectivity index (χ0) is 12.9. The Balaban J connectivity index is 1.93. The number of nitrogens with two attached hydrogens (primary N) is 1. The molecule has 0 spiro atoms. The average Bonchev–Trinajstić information content (AvgIpc) is 2.67. The van der Waals surface area contributed by atoms with Crippen LogP contribution in [0.5, 0.6) is 0 Å². The topological polar surface area (TPSA) is 60.0 Å². The molecule has 18 heavy (non-hydrogen) atoms. The van der Waals surface area contributed by atoms with Crippen LogP contribution in [0.3, 0.4) is 0 Å². The van der Waals surface area contributed by atoms with Gasteiger partial charge >= 0.3 is 0 Å². The molecule has 1 fully saturated rings. The van der Waals surface area contributed by atoms with E-state index >= 15 is 0 Å². The van der Waals surface area contributed by atoms with E-state index in [1.807, 2.05) is 30.2 Å². The van der Waals surface area contributed by atoms with E-state index in [0.29, 0.717) is 5.92 Å². The van der Waals surface area contributed by atoms with E-state index in [-0.39, 0.29) is 5.54 Å². The van der Waals surface area contributed by atoms with Gasteiger partial charge < -0.3 is 15.2 Å². The second-order valence-corrected chi connectivity index (χ2v) is 5.60. The Morgan fingerprint density at radius 1 is 1.33 bits per heavy atom. The lowest BCUT2D eigenvalue weighted by atomic mass is 9.80. The third kappa shape index (κ3) is 1.50. The molecule has 0 aromatic carbocycles. The van der Waals surface area contributed by atoms with Gasteiger partial charge in [-0.05, 0) is 12.0 Å². The Morgan fingerprint density at radius 3 is 2.72 bits per heavy atom. The van der Waals surface area contributed by atoms with Crippen molar-refractivity contribution >= 4 is 16.9 Å². The quantitative estimate of drug-likeness (QED) is 0.862. The molecule has 96 valence electrons. The highest BCUT2D eigenvalue weighted by atomic mass is 15.3. The molecule has 3 heterocycles. The van der Waals surface area contributed by atoms with Crippen molar-refractivity contribution in [2.75, 3.05) is 18.0 Å². The Kier molecular flexibility index (Phi) is 2.35. The maximum atomic E-state index is 6.33. The number of rotatable bonds is 2. The second kappa shape index (κ2) is 3.68. The SMILES string of the molecule is CC(C)C1(N)CN(c2nccc3c2ncn3C)C1. The van der Waals surface area contributed by atoms with E-state index in [4.69, 9.17) is 5.73 Å². The fourth-order valence-electron chi connectivity index (χ4n) is 2.46. The molecule has 1 saturated heterocycles. The van der Waals surface area contributed by atoms with Gasteiger partial charge in [0.2, 0.25) is 0 Å². The van der Waals surface area contributed by atoms with Crippen molar-refractivity contribution in [2.24, 2.45) is 18.7 Å². The molecule has 0 amide bonds. The van der Waals surface area contributed by atoms with Gasteiger partial charge in [0.15, 0.2) is 5.82 Å². The minimum atomic E-state index is -0.0847. The number of hydrogen-bond acceptors (Lipinski definition) is 4. The third-order valence-electron chi connectivity index (χ3n) is 4.04. The van der Waals surface area contributed by atoms with Crippen LogP contribution in [0, 0.1) is 5.92 Å². The summed E-state index contributed by atoms with van der Waals surface area (Å²) < 4.78 is 2.01. The number of fused-ring (bicyclic) bond motifs is 1. The highest BCUT2D eigenvalue weighted by molar-refractivity contribution is 5.86. The summed E-state index contributed by atoms with van der Waals surface area (Å²) in [5.41, 5.74) is 8.32. The summed E-state index contributed by atoms with van der Waals surface area (Å²) in [4.78, 5) is 11.1. The van der Waals surface area contributed by atoms with Gasteiger partial charge in [-0.2, -0.15) is 0 Å². The van der Waals surface area contributed by atoms with Gasteiger partial charge in [0, 0.05) is 26.3 Å². The number of hydrogen-bond donors (Lipinski definition) is 1. The Hall–Kier alpha value is -1.62. The summed E-state index contributed by atoms with van der Waals surface area (Å²) >= 11 is 0. The van der Waals surface area contributed by atoms with Crippen molar-refractivity contribution in [3.8, 4) is 0 Å². The van der Waals surface area contributed by atoms with E-state index < -0.39 is 0 Å². The standard InChI is InChI=1S/C13H19N5/c1-9(2)13(14)6-18(7-13)12-11-10(4-5-15-12)17(3)8-16-11/h4-5,8-9H,6-7,14H2,1-3H3. The summed E-state index contributed by atoms with van der Waals surface area (Å²) in [6, 6.07) is 1.99. The van der Waals surface area contributed by atoms with Crippen LogP contribution in [0.2, 0.25) is 0 Å². The first kappa shape index (κ1) is 11.5.